The van der Waals surface area contributed by atoms with Crippen molar-refractivity contribution >= 4 is 22.8 Å². The summed E-state index contributed by atoms with van der Waals surface area (Å²) >= 11 is 6.06. The van der Waals surface area contributed by atoms with Crippen molar-refractivity contribution in [3.05, 3.63) is 23.7 Å². The quantitative estimate of drug-likeness (QED) is 0.792. The van der Waals surface area contributed by atoms with Crippen LogP contribution in [0.5, 0.6) is 0 Å². The van der Waals surface area contributed by atoms with Gasteiger partial charge in [0.1, 0.15) is 11.3 Å². The predicted molar refractivity (Wildman–Crippen MR) is 73.9 cm³/mol. The molecule has 0 saturated heterocycles. The molecule has 0 bridgehead atoms. The zero-order valence-corrected chi connectivity index (χ0v) is 11.8. The molecule has 0 radical (unpaired) electrons. The SMILES string of the molecule is Cc1cnc2c(c1)nc(CCl)n2C(C)(C)C1CC1. The Hall–Kier alpha value is -1.09. The topological polar surface area (TPSA) is 30.7 Å². The molecule has 1 aliphatic rings. The van der Waals surface area contributed by atoms with Crippen LogP contribution in [0.1, 0.15) is 38.1 Å². The number of halogens is 1. The van der Waals surface area contributed by atoms with Gasteiger partial charge in [-0.2, -0.15) is 0 Å². The van der Waals surface area contributed by atoms with Crippen LogP contribution in [0, 0.1) is 12.8 Å². The molecule has 18 heavy (non-hydrogen) atoms. The molecule has 2 aromatic heterocycles. The van der Waals surface area contributed by atoms with Gasteiger partial charge in [-0.15, -0.1) is 11.6 Å². The van der Waals surface area contributed by atoms with Gasteiger partial charge in [-0.3, -0.25) is 0 Å². The van der Waals surface area contributed by atoms with Crippen LogP contribution >= 0.6 is 11.6 Å². The van der Waals surface area contributed by atoms with E-state index in [4.69, 9.17) is 11.6 Å². The Bertz CT molecular complexity index is 596. The van der Waals surface area contributed by atoms with Gasteiger partial charge in [0.05, 0.1) is 5.88 Å². The Morgan fingerprint density at radius 1 is 1.44 bits per heavy atom. The molecule has 0 spiro atoms. The maximum absolute atomic E-state index is 6.06. The number of imidazole rings is 1. The van der Waals surface area contributed by atoms with Gasteiger partial charge < -0.3 is 4.57 Å². The van der Waals surface area contributed by atoms with Gasteiger partial charge in [0, 0.05) is 11.7 Å². The molecule has 0 unspecified atom stereocenters. The average Bonchev–Trinajstić information content (AvgIpc) is 3.10. The van der Waals surface area contributed by atoms with E-state index >= 15 is 0 Å². The molecule has 0 atom stereocenters. The summed E-state index contributed by atoms with van der Waals surface area (Å²) in [6, 6.07) is 2.08. The summed E-state index contributed by atoms with van der Waals surface area (Å²) in [6.07, 6.45) is 4.49. The van der Waals surface area contributed by atoms with Crippen LogP contribution in [0.3, 0.4) is 0 Å². The standard InChI is InChI=1S/C14H18ClN3/c1-9-6-11-13(16-8-9)18(12(7-15)17-11)14(2,3)10-4-5-10/h6,8,10H,4-5,7H2,1-3H3. The van der Waals surface area contributed by atoms with E-state index < -0.39 is 0 Å². The zero-order chi connectivity index (χ0) is 12.9. The number of rotatable bonds is 3. The Balaban J connectivity index is 2.25. The first kappa shape index (κ1) is 12.0. The van der Waals surface area contributed by atoms with Crippen molar-refractivity contribution in [2.45, 2.75) is 45.0 Å². The van der Waals surface area contributed by atoms with Crippen molar-refractivity contribution in [1.82, 2.24) is 14.5 Å². The van der Waals surface area contributed by atoms with Crippen LogP contribution in [0.15, 0.2) is 12.3 Å². The van der Waals surface area contributed by atoms with Crippen molar-refractivity contribution in [3.63, 3.8) is 0 Å². The highest BCUT2D eigenvalue weighted by Gasteiger charge is 2.41. The van der Waals surface area contributed by atoms with E-state index in [0.717, 1.165) is 28.5 Å². The molecule has 3 nitrogen and oxygen atoms in total. The highest BCUT2D eigenvalue weighted by molar-refractivity contribution is 6.16. The summed E-state index contributed by atoms with van der Waals surface area (Å²) in [5.74, 6) is 2.09. The van der Waals surface area contributed by atoms with Gasteiger partial charge in [-0.25, -0.2) is 9.97 Å². The number of hydrogen-bond acceptors (Lipinski definition) is 2. The third-order valence-electron chi connectivity index (χ3n) is 3.98. The Kier molecular flexibility index (Phi) is 2.63. The van der Waals surface area contributed by atoms with Crippen molar-refractivity contribution < 1.29 is 0 Å². The number of nitrogens with zero attached hydrogens (tertiary/aromatic N) is 3. The van der Waals surface area contributed by atoms with Crippen LogP contribution in [-0.2, 0) is 11.4 Å². The smallest absolute Gasteiger partial charge is 0.160 e. The van der Waals surface area contributed by atoms with E-state index in [-0.39, 0.29) is 5.54 Å². The lowest BCUT2D eigenvalue weighted by atomic mass is 9.98. The second-order valence-electron chi connectivity index (χ2n) is 5.78. The van der Waals surface area contributed by atoms with E-state index in [1.54, 1.807) is 0 Å². The lowest BCUT2D eigenvalue weighted by Gasteiger charge is -2.28. The number of fused-ring (bicyclic) bond motifs is 1. The monoisotopic (exact) mass is 263 g/mol. The summed E-state index contributed by atoms with van der Waals surface area (Å²) in [7, 11) is 0. The van der Waals surface area contributed by atoms with Crippen LogP contribution in [0.4, 0.5) is 0 Å². The maximum atomic E-state index is 6.06. The molecule has 96 valence electrons. The molecule has 2 heterocycles. The first-order valence-electron chi connectivity index (χ1n) is 6.44. The van der Waals surface area contributed by atoms with Crippen LogP contribution in [-0.4, -0.2) is 14.5 Å². The normalized spacial score (nSPS) is 16.4. The lowest BCUT2D eigenvalue weighted by molar-refractivity contribution is 0.305. The van der Waals surface area contributed by atoms with Gasteiger partial charge in [0.2, 0.25) is 0 Å². The third kappa shape index (κ3) is 1.72. The molecular weight excluding hydrogens is 246 g/mol. The molecule has 1 saturated carbocycles. The summed E-state index contributed by atoms with van der Waals surface area (Å²) in [5, 5.41) is 0. The Labute approximate surface area is 112 Å². The van der Waals surface area contributed by atoms with E-state index in [0.29, 0.717) is 5.88 Å². The van der Waals surface area contributed by atoms with Gasteiger partial charge in [0.25, 0.3) is 0 Å². The van der Waals surface area contributed by atoms with Crippen molar-refractivity contribution in [2.24, 2.45) is 5.92 Å². The average molecular weight is 264 g/mol. The van der Waals surface area contributed by atoms with Gasteiger partial charge >= 0.3 is 0 Å². The predicted octanol–water partition coefficient (Wildman–Crippen LogP) is 3.62. The number of pyridine rings is 1. The number of aryl methyl sites for hydroxylation is 1. The molecule has 1 aliphatic carbocycles. The number of aromatic nitrogens is 3. The number of hydrogen-bond donors (Lipinski definition) is 0. The van der Waals surface area contributed by atoms with Crippen LogP contribution in [0.2, 0.25) is 0 Å². The van der Waals surface area contributed by atoms with Gasteiger partial charge in [-0.05, 0) is 51.2 Å². The van der Waals surface area contributed by atoms with Gasteiger partial charge in [0.15, 0.2) is 5.65 Å². The zero-order valence-electron chi connectivity index (χ0n) is 11.1. The molecular formula is C14H18ClN3. The largest absolute Gasteiger partial charge is 0.306 e. The molecule has 0 amide bonds. The van der Waals surface area contributed by atoms with E-state index in [9.17, 15) is 0 Å². The highest BCUT2D eigenvalue weighted by Crippen LogP contribution is 2.45. The lowest BCUT2D eigenvalue weighted by Crippen LogP contribution is -2.30. The fourth-order valence-electron chi connectivity index (χ4n) is 2.78. The summed E-state index contributed by atoms with van der Waals surface area (Å²) in [6.45, 7) is 6.57. The number of alkyl halides is 1. The van der Waals surface area contributed by atoms with Crippen LogP contribution < -0.4 is 0 Å². The van der Waals surface area contributed by atoms with E-state index in [1.807, 2.05) is 13.1 Å². The van der Waals surface area contributed by atoms with Gasteiger partial charge in [-0.1, -0.05) is 0 Å². The Morgan fingerprint density at radius 2 is 2.17 bits per heavy atom. The first-order valence-corrected chi connectivity index (χ1v) is 6.98. The highest BCUT2D eigenvalue weighted by atomic mass is 35.5. The molecule has 4 heteroatoms. The summed E-state index contributed by atoms with van der Waals surface area (Å²) in [5.41, 5.74) is 3.12. The van der Waals surface area contributed by atoms with E-state index in [1.165, 1.54) is 12.8 Å². The summed E-state index contributed by atoms with van der Waals surface area (Å²) < 4.78 is 2.24. The minimum atomic E-state index is 0.0568. The Morgan fingerprint density at radius 3 is 2.78 bits per heavy atom. The fourth-order valence-corrected chi connectivity index (χ4v) is 2.96. The van der Waals surface area contributed by atoms with E-state index in [2.05, 4.69) is 34.4 Å². The molecule has 3 rings (SSSR count). The molecule has 2 aromatic rings. The maximum Gasteiger partial charge on any atom is 0.160 e. The molecule has 1 fully saturated rings. The minimum Gasteiger partial charge on any atom is -0.306 e. The first-order chi connectivity index (χ1) is 8.54. The summed E-state index contributed by atoms with van der Waals surface area (Å²) in [4.78, 5) is 9.20. The molecule has 0 aromatic carbocycles. The minimum absolute atomic E-state index is 0.0568. The second kappa shape index (κ2) is 3.95. The molecule has 0 aliphatic heterocycles. The van der Waals surface area contributed by atoms with Crippen molar-refractivity contribution in [3.8, 4) is 0 Å². The fraction of sp³-hybridized carbons (Fsp3) is 0.571. The van der Waals surface area contributed by atoms with Crippen molar-refractivity contribution in [1.29, 1.82) is 0 Å². The van der Waals surface area contributed by atoms with Crippen molar-refractivity contribution in [2.75, 3.05) is 0 Å². The third-order valence-corrected chi connectivity index (χ3v) is 4.21. The second-order valence-corrected chi connectivity index (χ2v) is 6.05. The van der Waals surface area contributed by atoms with Crippen LogP contribution in [0.25, 0.3) is 11.2 Å². The molecule has 0 N–H and O–H groups in total.